The number of nitrogens with one attached hydrogen (secondary N) is 2. The van der Waals surface area contributed by atoms with Gasteiger partial charge in [0.1, 0.15) is 0 Å². The van der Waals surface area contributed by atoms with Crippen LogP contribution >= 0.6 is 34.3 Å². The molecule has 0 saturated heterocycles. The first kappa shape index (κ1) is 23.1. The lowest BCUT2D eigenvalue weighted by atomic mass is 10.2. The van der Waals surface area contributed by atoms with E-state index in [0.29, 0.717) is 16.9 Å². The number of aromatic nitrogens is 1. The molecule has 0 fully saturated rings. The molecule has 4 N–H and O–H groups in total. The largest absolute Gasteiger partial charge is 0.379 e. The molecular formula is C18H20ClF2N3OS2. The summed E-state index contributed by atoms with van der Waals surface area (Å²) in [6.07, 6.45) is 8.00. The summed E-state index contributed by atoms with van der Waals surface area (Å²) in [5.41, 5.74) is 5.41. The Balaban J connectivity index is 0.000000855. The molecule has 0 atom stereocenters. The van der Waals surface area contributed by atoms with Gasteiger partial charge >= 0.3 is 0 Å². The average molecular weight is 432 g/mol. The van der Waals surface area contributed by atoms with Gasteiger partial charge in [-0.1, -0.05) is 31.5 Å². The van der Waals surface area contributed by atoms with E-state index in [1.54, 1.807) is 11.3 Å². The Labute approximate surface area is 169 Å². The zero-order valence-electron chi connectivity index (χ0n) is 14.8. The Morgan fingerprint density at radius 2 is 2.04 bits per heavy atom. The minimum atomic E-state index is -3.23. The summed E-state index contributed by atoms with van der Waals surface area (Å²) in [6, 6.07) is 5.20. The molecule has 0 saturated carbocycles. The number of fused-ring (bicyclic) bond motifs is 1. The van der Waals surface area contributed by atoms with Crippen molar-refractivity contribution in [2.75, 3.05) is 11.9 Å². The second kappa shape index (κ2) is 10.4. The molecular weight excluding hydrogens is 412 g/mol. The number of thiophene rings is 2. The number of H-pyrrole nitrogens is 1. The first-order chi connectivity index (χ1) is 12.9. The summed E-state index contributed by atoms with van der Waals surface area (Å²) in [4.78, 5) is 15.0. The molecule has 3 rings (SSSR count). The lowest BCUT2D eigenvalue weighted by Crippen LogP contribution is -2.24. The van der Waals surface area contributed by atoms with E-state index in [1.807, 2.05) is 31.4 Å². The van der Waals surface area contributed by atoms with Gasteiger partial charge in [0.05, 0.1) is 32.3 Å². The van der Waals surface area contributed by atoms with Gasteiger partial charge in [0, 0.05) is 17.5 Å². The summed E-state index contributed by atoms with van der Waals surface area (Å²) in [7, 11) is 0. The number of halogens is 3. The minimum absolute atomic E-state index is 0.155. The zero-order chi connectivity index (χ0) is 20.6. The van der Waals surface area contributed by atoms with E-state index in [0.717, 1.165) is 16.2 Å². The van der Waals surface area contributed by atoms with Gasteiger partial charge in [-0.25, -0.2) is 0 Å². The van der Waals surface area contributed by atoms with Crippen LogP contribution in [-0.4, -0.2) is 11.5 Å². The number of terminal acetylenes is 1. The lowest BCUT2D eigenvalue weighted by Gasteiger charge is -2.11. The summed E-state index contributed by atoms with van der Waals surface area (Å²) in [6.45, 7) is 3.65. The van der Waals surface area contributed by atoms with Crippen LogP contribution in [0.25, 0.3) is 10.2 Å². The highest BCUT2D eigenvalue weighted by Gasteiger charge is 2.35. The highest BCUT2D eigenvalue weighted by Crippen LogP contribution is 2.44. The van der Waals surface area contributed by atoms with Crippen LogP contribution in [0.3, 0.4) is 0 Å². The monoisotopic (exact) mass is 431 g/mol. The predicted molar refractivity (Wildman–Crippen MR) is 113 cm³/mol. The van der Waals surface area contributed by atoms with Gasteiger partial charge in [-0.3, -0.25) is 4.79 Å². The van der Waals surface area contributed by atoms with Gasteiger partial charge in [0.25, 0.3) is 11.5 Å². The summed E-state index contributed by atoms with van der Waals surface area (Å²) in [5, 5.41) is 4.89. The maximum atomic E-state index is 13.9. The third-order valence-corrected chi connectivity index (χ3v) is 5.94. The van der Waals surface area contributed by atoms with Crippen LogP contribution in [-0.2, 0) is 12.5 Å². The lowest BCUT2D eigenvalue weighted by molar-refractivity contribution is 0.0101. The topological polar surface area (TPSA) is 70.9 Å². The molecule has 3 aromatic heterocycles. The van der Waals surface area contributed by atoms with Crippen LogP contribution < -0.4 is 16.6 Å². The van der Waals surface area contributed by atoms with E-state index < -0.39 is 18.0 Å². The number of nitrogens with two attached hydrogens (primary N) is 1. The van der Waals surface area contributed by atoms with Gasteiger partial charge in [-0.15, -0.1) is 35.5 Å². The van der Waals surface area contributed by atoms with Gasteiger partial charge in [-0.05, 0) is 11.4 Å². The third-order valence-electron chi connectivity index (χ3n) is 3.24. The van der Waals surface area contributed by atoms with Crippen molar-refractivity contribution < 1.29 is 8.78 Å². The second-order valence-electron chi connectivity index (χ2n) is 4.84. The van der Waals surface area contributed by atoms with Crippen LogP contribution in [0.4, 0.5) is 14.5 Å². The van der Waals surface area contributed by atoms with Crippen molar-refractivity contribution in [2.24, 2.45) is 5.73 Å². The molecule has 0 aliphatic rings. The molecule has 0 radical (unpaired) electrons. The van der Waals surface area contributed by atoms with Gasteiger partial charge in [0.15, 0.2) is 0 Å². The van der Waals surface area contributed by atoms with Crippen molar-refractivity contribution in [3.8, 4) is 12.8 Å². The standard InChI is InChI=1S/C14H12ClF2N3OS2.C2H6.C2H2/c15-10-11-12(23-13(10)14(16,17)6-18)8(4-9(21)20-11)19-5-7-2-1-3-22-7;2*1-2/h1-4H,5-6,18H2,(H2,19,20,21);1-2H3;1-2H. The SMILES string of the molecule is C#C.CC.NCC(F)(F)c1sc2c(NCc3cccs3)cc(=O)[nH]c2c1Cl. The molecule has 0 aromatic carbocycles. The van der Waals surface area contributed by atoms with E-state index in [9.17, 15) is 13.6 Å². The maximum Gasteiger partial charge on any atom is 0.295 e. The Morgan fingerprint density at radius 3 is 2.59 bits per heavy atom. The average Bonchev–Trinajstić information content (AvgIpc) is 3.32. The highest BCUT2D eigenvalue weighted by atomic mass is 35.5. The Hall–Kier alpha value is -1.92. The molecule has 0 bridgehead atoms. The fraction of sp³-hybridized carbons (Fsp3) is 0.278. The molecule has 0 spiro atoms. The van der Waals surface area contributed by atoms with Crippen LogP contribution in [0.5, 0.6) is 0 Å². The first-order valence-corrected chi connectivity index (χ1v) is 10.0. The fourth-order valence-corrected chi connectivity index (χ4v) is 4.34. The number of hydrogen-bond acceptors (Lipinski definition) is 5. The second-order valence-corrected chi connectivity index (χ2v) is 7.27. The molecule has 9 heteroatoms. The van der Waals surface area contributed by atoms with E-state index >= 15 is 0 Å². The number of pyridine rings is 1. The van der Waals surface area contributed by atoms with Gasteiger partial charge in [-0.2, -0.15) is 8.78 Å². The maximum absolute atomic E-state index is 13.9. The van der Waals surface area contributed by atoms with Crippen molar-refractivity contribution in [3.05, 3.63) is 48.7 Å². The number of aromatic amines is 1. The van der Waals surface area contributed by atoms with Crippen molar-refractivity contribution in [1.29, 1.82) is 0 Å². The number of hydrogen-bond donors (Lipinski definition) is 3. The summed E-state index contributed by atoms with van der Waals surface area (Å²) in [5.74, 6) is -3.23. The molecule has 0 aliphatic carbocycles. The summed E-state index contributed by atoms with van der Waals surface area (Å²) >= 11 is 8.44. The van der Waals surface area contributed by atoms with E-state index in [-0.39, 0.29) is 15.4 Å². The van der Waals surface area contributed by atoms with Crippen LogP contribution in [0, 0.1) is 12.8 Å². The zero-order valence-corrected chi connectivity index (χ0v) is 17.2. The molecule has 3 aromatic rings. The third kappa shape index (κ3) is 5.30. The van der Waals surface area contributed by atoms with E-state index in [2.05, 4.69) is 23.1 Å². The summed E-state index contributed by atoms with van der Waals surface area (Å²) < 4.78 is 28.3. The van der Waals surface area contributed by atoms with Crippen molar-refractivity contribution in [1.82, 2.24) is 4.98 Å². The Bertz CT molecular complexity index is 933. The highest BCUT2D eigenvalue weighted by molar-refractivity contribution is 7.20. The molecule has 27 heavy (non-hydrogen) atoms. The van der Waals surface area contributed by atoms with E-state index in [4.69, 9.17) is 17.3 Å². The first-order valence-electron chi connectivity index (χ1n) is 7.95. The smallest absolute Gasteiger partial charge is 0.295 e. The number of rotatable bonds is 5. The van der Waals surface area contributed by atoms with Gasteiger partial charge in [0.2, 0.25) is 0 Å². The predicted octanol–water partition coefficient (Wildman–Crippen LogP) is 5.24. The van der Waals surface area contributed by atoms with Crippen LogP contribution in [0.15, 0.2) is 28.4 Å². The fourth-order valence-electron chi connectivity index (χ4n) is 2.12. The molecule has 4 nitrogen and oxygen atoms in total. The number of anilines is 1. The molecule has 0 amide bonds. The Morgan fingerprint density at radius 1 is 1.37 bits per heavy atom. The molecule has 3 heterocycles. The Kier molecular flexibility index (Phi) is 8.93. The van der Waals surface area contributed by atoms with Crippen LogP contribution in [0.2, 0.25) is 5.02 Å². The molecule has 0 aliphatic heterocycles. The van der Waals surface area contributed by atoms with Gasteiger partial charge < -0.3 is 16.0 Å². The molecule has 0 unspecified atom stereocenters. The quantitative estimate of drug-likeness (QED) is 0.483. The van der Waals surface area contributed by atoms with Crippen molar-refractivity contribution in [2.45, 2.75) is 26.3 Å². The molecule has 146 valence electrons. The van der Waals surface area contributed by atoms with Crippen LogP contribution in [0.1, 0.15) is 23.6 Å². The van der Waals surface area contributed by atoms with E-state index in [1.165, 1.54) is 6.07 Å². The van der Waals surface area contributed by atoms with Crippen molar-refractivity contribution in [3.63, 3.8) is 0 Å². The van der Waals surface area contributed by atoms with Crippen molar-refractivity contribution >= 4 is 50.2 Å². The normalized spacial score (nSPS) is 10.5. The minimum Gasteiger partial charge on any atom is -0.379 e. The number of alkyl halides is 2.